The van der Waals surface area contributed by atoms with Gasteiger partial charge in [-0.1, -0.05) is 6.07 Å². The van der Waals surface area contributed by atoms with Crippen LogP contribution in [0.25, 0.3) is 0 Å². The number of nitrogens with zero attached hydrogens (tertiary/aromatic N) is 5. The molecule has 0 aliphatic rings. The zero-order valence-corrected chi connectivity index (χ0v) is 12.3. The van der Waals surface area contributed by atoms with E-state index in [9.17, 15) is 0 Å². The molecule has 0 bridgehead atoms. The van der Waals surface area contributed by atoms with Crippen LogP contribution < -0.4 is 10.2 Å². The fraction of sp³-hybridized carbons (Fsp3) is 0.385. The normalized spacial score (nSPS) is 10.3. The largest absolute Gasteiger partial charge is 0.350 e. The minimum absolute atomic E-state index is 0.190. The standard InChI is InChI=1S/C13H17ClN6/c1-3-20(4-2)13-18-11(14)17-12(19-13)16-9-10-6-5-7-15-8-10/h5-8H,3-4,9H2,1-2H3,(H,16,17,18,19). The topological polar surface area (TPSA) is 66.8 Å². The third-order valence-corrected chi connectivity index (χ3v) is 2.99. The first-order valence-electron chi connectivity index (χ1n) is 6.52. The summed E-state index contributed by atoms with van der Waals surface area (Å²) in [6.45, 7) is 6.32. The number of hydrogen-bond donors (Lipinski definition) is 1. The fourth-order valence-electron chi connectivity index (χ4n) is 1.75. The van der Waals surface area contributed by atoms with E-state index in [1.165, 1.54) is 0 Å². The highest BCUT2D eigenvalue weighted by Crippen LogP contribution is 2.14. The van der Waals surface area contributed by atoms with Gasteiger partial charge in [0.1, 0.15) is 0 Å². The second-order valence-electron chi connectivity index (χ2n) is 4.12. The molecule has 2 aromatic heterocycles. The molecule has 0 aliphatic heterocycles. The molecule has 0 radical (unpaired) electrons. The van der Waals surface area contributed by atoms with Crippen molar-refractivity contribution in [2.24, 2.45) is 0 Å². The maximum Gasteiger partial charge on any atom is 0.231 e. The number of nitrogens with one attached hydrogen (secondary N) is 1. The number of hydrogen-bond acceptors (Lipinski definition) is 6. The van der Waals surface area contributed by atoms with Gasteiger partial charge in [-0.05, 0) is 37.1 Å². The Morgan fingerprint density at radius 1 is 1.20 bits per heavy atom. The Balaban J connectivity index is 2.12. The van der Waals surface area contributed by atoms with Crippen LogP contribution in [0.3, 0.4) is 0 Å². The molecule has 0 atom stereocenters. The van der Waals surface area contributed by atoms with Crippen LogP contribution in [-0.2, 0) is 6.54 Å². The van der Waals surface area contributed by atoms with Crippen LogP contribution in [-0.4, -0.2) is 33.0 Å². The van der Waals surface area contributed by atoms with Gasteiger partial charge >= 0.3 is 0 Å². The molecule has 2 heterocycles. The molecule has 0 spiro atoms. The first kappa shape index (κ1) is 14.5. The maximum atomic E-state index is 5.95. The summed E-state index contributed by atoms with van der Waals surface area (Å²) in [5, 5.41) is 3.32. The zero-order valence-electron chi connectivity index (χ0n) is 11.5. The Kier molecular flexibility index (Phi) is 5.06. The van der Waals surface area contributed by atoms with Crippen molar-refractivity contribution in [3.05, 3.63) is 35.4 Å². The summed E-state index contributed by atoms with van der Waals surface area (Å²) in [6.07, 6.45) is 3.53. The van der Waals surface area contributed by atoms with Gasteiger partial charge in [0, 0.05) is 32.0 Å². The van der Waals surface area contributed by atoms with E-state index in [1.54, 1.807) is 12.4 Å². The first-order chi connectivity index (χ1) is 9.72. The average molecular weight is 293 g/mol. The van der Waals surface area contributed by atoms with E-state index in [-0.39, 0.29) is 5.28 Å². The molecule has 0 aromatic carbocycles. The van der Waals surface area contributed by atoms with Gasteiger partial charge < -0.3 is 10.2 Å². The van der Waals surface area contributed by atoms with Gasteiger partial charge in [-0.2, -0.15) is 15.0 Å². The van der Waals surface area contributed by atoms with Gasteiger partial charge in [0.15, 0.2) is 0 Å². The predicted octanol–water partition coefficient (Wildman–Crippen LogP) is 2.38. The quantitative estimate of drug-likeness (QED) is 0.882. The lowest BCUT2D eigenvalue weighted by Crippen LogP contribution is -2.25. The number of anilines is 2. The van der Waals surface area contributed by atoms with Gasteiger partial charge in [-0.3, -0.25) is 4.98 Å². The lowest BCUT2D eigenvalue weighted by molar-refractivity contribution is 0.811. The summed E-state index contributed by atoms with van der Waals surface area (Å²) in [5.41, 5.74) is 1.05. The zero-order chi connectivity index (χ0) is 14.4. The number of halogens is 1. The van der Waals surface area contributed by atoms with Crippen LogP contribution in [0.5, 0.6) is 0 Å². The molecule has 106 valence electrons. The third-order valence-electron chi connectivity index (χ3n) is 2.82. The van der Waals surface area contributed by atoms with Crippen molar-refractivity contribution in [2.45, 2.75) is 20.4 Å². The monoisotopic (exact) mass is 292 g/mol. The average Bonchev–Trinajstić information content (AvgIpc) is 2.47. The Bertz CT molecular complexity index is 544. The summed E-state index contributed by atoms with van der Waals surface area (Å²) in [5.74, 6) is 1.06. The van der Waals surface area contributed by atoms with Crippen LogP contribution in [0.1, 0.15) is 19.4 Å². The molecule has 0 unspecified atom stereocenters. The highest BCUT2D eigenvalue weighted by Gasteiger charge is 2.09. The second kappa shape index (κ2) is 7.00. The fourth-order valence-corrected chi connectivity index (χ4v) is 1.91. The molecule has 1 N–H and O–H groups in total. The van der Waals surface area contributed by atoms with E-state index in [1.807, 2.05) is 30.9 Å². The molecule has 2 aromatic rings. The van der Waals surface area contributed by atoms with Crippen LogP contribution in [0.15, 0.2) is 24.5 Å². The molecule has 0 aliphatic carbocycles. The van der Waals surface area contributed by atoms with Crippen molar-refractivity contribution < 1.29 is 0 Å². The molecule has 0 amide bonds. The van der Waals surface area contributed by atoms with Gasteiger partial charge in [0.25, 0.3) is 0 Å². The SMILES string of the molecule is CCN(CC)c1nc(Cl)nc(NCc2cccnc2)n1. The van der Waals surface area contributed by atoms with E-state index in [0.29, 0.717) is 18.4 Å². The molecule has 0 saturated heterocycles. The van der Waals surface area contributed by atoms with Crippen molar-refractivity contribution in [3.8, 4) is 0 Å². The van der Waals surface area contributed by atoms with Gasteiger partial charge in [-0.15, -0.1) is 0 Å². The highest BCUT2D eigenvalue weighted by atomic mass is 35.5. The van der Waals surface area contributed by atoms with E-state index in [0.717, 1.165) is 18.7 Å². The van der Waals surface area contributed by atoms with E-state index in [2.05, 4.69) is 25.3 Å². The molecule has 6 nitrogen and oxygen atoms in total. The lowest BCUT2D eigenvalue weighted by atomic mass is 10.3. The molecular weight excluding hydrogens is 276 g/mol. The smallest absolute Gasteiger partial charge is 0.231 e. The summed E-state index contributed by atoms with van der Waals surface area (Å²) in [6, 6.07) is 3.87. The predicted molar refractivity (Wildman–Crippen MR) is 80.0 cm³/mol. The Morgan fingerprint density at radius 3 is 2.65 bits per heavy atom. The molecule has 0 fully saturated rings. The number of aromatic nitrogens is 4. The summed E-state index contributed by atoms with van der Waals surface area (Å²) in [7, 11) is 0. The van der Waals surface area contributed by atoms with E-state index < -0.39 is 0 Å². The van der Waals surface area contributed by atoms with Crippen molar-refractivity contribution in [1.29, 1.82) is 0 Å². The van der Waals surface area contributed by atoms with Crippen LogP contribution in [0, 0.1) is 0 Å². The first-order valence-corrected chi connectivity index (χ1v) is 6.90. The molecule has 7 heteroatoms. The highest BCUT2D eigenvalue weighted by molar-refractivity contribution is 6.28. The third kappa shape index (κ3) is 3.77. The van der Waals surface area contributed by atoms with Gasteiger partial charge in [0.2, 0.25) is 17.2 Å². The Hall–Kier alpha value is -1.95. The van der Waals surface area contributed by atoms with Crippen LogP contribution in [0.2, 0.25) is 5.28 Å². The van der Waals surface area contributed by atoms with E-state index in [4.69, 9.17) is 11.6 Å². The molecule has 2 rings (SSSR count). The van der Waals surface area contributed by atoms with Crippen molar-refractivity contribution in [2.75, 3.05) is 23.3 Å². The maximum absolute atomic E-state index is 5.95. The summed E-state index contributed by atoms with van der Waals surface area (Å²) in [4.78, 5) is 18.7. The van der Waals surface area contributed by atoms with Crippen molar-refractivity contribution in [1.82, 2.24) is 19.9 Å². The summed E-state index contributed by atoms with van der Waals surface area (Å²) >= 11 is 5.95. The van der Waals surface area contributed by atoms with Crippen molar-refractivity contribution >= 4 is 23.5 Å². The molecular formula is C13H17ClN6. The Morgan fingerprint density at radius 2 is 2.00 bits per heavy atom. The minimum atomic E-state index is 0.190. The van der Waals surface area contributed by atoms with E-state index >= 15 is 0 Å². The Labute approximate surface area is 123 Å². The van der Waals surface area contributed by atoms with Crippen LogP contribution in [0.4, 0.5) is 11.9 Å². The lowest BCUT2D eigenvalue weighted by Gasteiger charge is -2.18. The summed E-state index contributed by atoms with van der Waals surface area (Å²) < 4.78 is 0. The molecule has 20 heavy (non-hydrogen) atoms. The number of rotatable bonds is 6. The second-order valence-corrected chi connectivity index (χ2v) is 4.45. The van der Waals surface area contributed by atoms with Gasteiger partial charge in [-0.25, -0.2) is 0 Å². The molecule has 0 saturated carbocycles. The van der Waals surface area contributed by atoms with Crippen molar-refractivity contribution in [3.63, 3.8) is 0 Å². The van der Waals surface area contributed by atoms with Crippen LogP contribution >= 0.6 is 11.6 Å². The van der Waals surface area contributed by atoms with Gasteiger partial charge in [0.05, 0.1) is 0 Å². The number of pyridine rings is 1. The minimum Gasteiger partial charge on any atom is -0.350 e.